The van der Waals surface area contributed by atoms with E-state index in [9.17, 15) is 0 Å². The largest absolute Gasteiger partial charge is 0.311 e. The Labute approximate surface area is 198 Å². The van der Waals surface area contributed by atoms with E-state index in [4.69, 9.17) is 0 Å². The Morgan fingerprint density at radius 3 is 1.36 bits per heavy atom. The zero-order chi connectivity index (χ0) is 22.0. The molecular weight excluding hydrogens is 418 g/mol. The molecule has 33 heavy (non-hydrogen) atoms. The molecule has 0 atom stereocenters. The Bertz CT molecular complexity index is 1290. The van der Waals surface area contributed by atoms with Crippen LogP contribution in [0.1, 0.15) is 11.1 Å². The first-order chi connectivity index (χ1) is 16.4. The molecule has 0 N–H and O–H groups in total. The summed E-state index contributed by atoms with van der Waals surface area (Å²) in [5, 5.41) is 0. The lowest BCUT2D eigenvalue weighted by Crippen LogP contribution is -2.16. The molecule has 0 aromatic heterocycles. The van der Waals surface area contributed by atoms with E-state index >= 15 is 0 Å². The van der Waals surface area contributed by atoms with Crippen LogP contribution in [0, 0.1) is 0 Å². The summed E-state index contributed by atoms with van der Waals surface area (Å²) >= 11 is 0. The minimum absolute atomic E-state index is 0.0869. The quantitative estimate of drug-likeness (QED) is 0.249. The minimum atomic E-state index is -0.0869. The second-order valence-corrected chi connectivity index (χ2v) is 10.2. The van der Waals surface area contributed by atoms with E-state index in [1.54, 1.807) is 0 Å². The molecule has 0 spiro atoms. The lowest BCUT2D eigenvalue weighted by Gasteiger charge is -2.25. The van der Waals surface area contributed by atoms with E-state index in [0.29, 0.717) is 0 Å². The van der Waals surface area contributed by atoms with E-state index in [0.717, 1.165) is 17.8 Å². The summed E-state index contributed by atoms with van der Waals surface area (Å²) in [4.78, 5) is 6.58. The lowest BCUT2D eigenvalue weighted by atomic mass is 10.0. The molecule has 0 aliphatic carbocycles. The third kappa shape index (κ3) is 3.73. The summed E-state index contributed by atoms with van der Waals surface area (Å²) in [6.07, 6.45) is 1.02. The first kappa shape index (κ1) is 19.9. The van der Waals surface area contributed by atoms with Gasteiger partial charge in [-0.05, 0) is 60.7 Å². The van der Waals surface area contributed by atoms with Gasteiger partial charge in [-0.15, -0.1) is 0 Å². The summed E-state index contributed by atoms with van der Waals surface area (Å²) in [5.74, 6) is 0. The summed E-state index contributed by atoms with van der Waals surface area (Å²) in [6.45, 7) is 0. The molecule has 6 rings (SSSR count). The van der Waals surface area contributed by atoms with Crippen molar-refractivity contribution in [3.8, 4) is 0 Å². The van der Waals surface area contributed by atoms with Crippen molar-refractivity contribution >= 4 is 28.0 Å². The molecule has 1 aliphatic rings. The first-order valence-corrected chi connectivity index (χ1v) is 12.5. The topological polar surface area (TPSA) is 3.24 Å². The minimum Gasteiger partial charge on any atom is -0.311 e. The molecule has 158 valence electrons. The second kappa shape index (κ2) is 8.65. The Kier molecular flexibility index (Phi) is 5.22. The van der Waals surface area contributed by atoms with E-state index in [2.05, 4.69) is 138 Å². The molecule has 0 amide bonds. The average Bonchev–Trinajstić information content (AvgIpc) is 2.89. The molecule has 1 aliphatic heterocycles. The van der Waals surface area contributed by atoms with Crippen LogP contribution in [0.5, 0.6) is 0 Å². The smallest absolute Gasteiger partial charge is 0.170 e. The van der Waals surface area contributed by atoms with Crippen LogP contribution in [0.4, 0.5) is 17.1 Å². The Balaban J connectivity index is 1.44. The van der Waals surface area contributed by atoms with Gasteiger partial charge < -0.3 is 4.90 Å². The molecule has 0 fully saturated rings. The van der Waals surface area contributed by atoms with E-state index in [1.165, 1.54) is 31.5 Å². The lowest BCUT2D eigenvalue weighted by molar-refractivity contribution is 1.04. The Morgan fingerprint density at radius 2 is 0.848 bits per heavy atom. The number of anilines is 3. The fraction of sp³-hybridized carbons (Fsp3) is 0.0323. The van der Waals surface area contributed by atoms with Crippen LogP contribution in [0.15, 0.2) is 148 Å². The highest BCUT2D eigenvalue weighted by atomic mass is 32.2. The molecular formula is C31H24NS+. The number of hydrogen-bond donors (Lipinski definition) is 0. The van der Waals surface area contributed by atoms with Gasteiger partial charge in [-0.2, -0.15) is 0 Å². The molecule has 1 nitrogen and oxygen atoms in total. The van der Waals surface area contributed by atoms with E-state index < -0.39 is 0 Å². The molecule has 0 unspecified atom stereocenters. The van der Waals surface area contributed by atoms with Crippen LogP contribution in [0.2, 0.25) is 0 Å². The van der Waals surface area contributed by atoms with Crippen molar-refractivity contribution in [2.75, 3.05) is 4.90 Å². The van der Waals surface area contributed by atoms with Crippen molar-refractivity contribution in [1.82, 2.24) is 0 Å². The van der Waals surface area contributed by atoms with Crippen molar-refractivity contribution in [1.29, 1.82) is 0 Å². The van der Waals surface area contributed by atoms with Crippen LogP contribution < -0.4 is 4.90 Å². The first-order valence-electron chi connectivity index (χ1n) is 11.3. The maximum Gasteiger partial charge on any atom is 0.170 e. The van der Waals surface area contributed by atoms with Crippen molar-refractivity contribution in [3.05, 3.63) is 145 Å². The third-order valence-corrected chi connectivity index (χ3v) is 8.55. The Hall–Kier alpha value is -3.75. The zero-order valence-corrected chi connectivity index (χ0v) is 19.1. The van der Waals surface area contributed by atoms with Gasteiger partial charge in [0.1, 0.15) is 0 Å². The zero-order valence-electron chi connectivity index (χ0n) is 18.3. The van der Waals surface area contributed by atoms with Gasteiger partial charge in [-0.1, -0.05) is 72.8 Å². The number of para-hydroxylation sites is 2. The summed E-state index contributed by atoms with van der Waals surface area (Å²) in [7, 11) is -0.0869. The average molecular weight is 443 g/mol. The van der Waals surface area contributed by atoms with E-state index in [-0.39, 0.29) is 10.9 Å². The van der Waals surface area contributed by atoms with Crippen LogP contribution in [-0.2, 0) is 17.3 Å². The Morgan fingerprint density at radius 1 is 0.424 bits per heavy atom. The van der Waals surface area contributed by atoms with Crippen LogP contribution in [0.25, 0.3) is 0 Å². The SMILES string of the molecule is c1ccc(N(c2ccccc2)c2ccc([S+]3c4ccccc4Cc4ccccc43)cc2)cc1. The highest BCUT2D eigenvalue weighted by Gasteiger charge is 2.36. The number of benzene rings is 5. The molecule has 5 aromatic carbocycles. The number of hydrogen-bond acceptors (Lipinski definition) is 1. The van der Waals surface area contributed by atoms with Gasteiger partial charge in [0.05, 0.1) is 10.9 Å². The molecule has 0 saturated heterocycles. The maximum atomic E-state index is 2.32. The number of rotatable bonds is 4. The summed E-state index contributed by atoms with van der Waals surface area (Å²) < 4.78 is 0. The third-order valence-electron chi connectivity index (χ3n) is 6.13. The van der Waals surface area contributed by atoms with Crippen LogP contribution in [-0.4, -0.2) is 0 Å². The van der Waals surface area contributed by atoms with Gasteiger partial charge in [-0.25, -0.2) is 0 Å². The highest BCUT2D eigenvalue weighted by Crippen LogP contribution is 2.41. The fourth-order valence-electron chi connectivity index (χ4n) is 4.61. The van der Waals surface area contributed by atoms with Gasteiger partial charge in [0.25, 0.3) is 0 Å². The standard InChI is InChI=1S/C31H24NS/c1-3-13-26(14-4-1)32(27-15-5-2-6-16-27)28-19-21-29(22-20-28)33-30-17-9-7-11-24(30)23-25-12-8-10-18-31(25)33/h1-22H,23H2/q+1. The van der Waals surface area contributed by atoms with Crippen LogP contribution in [0.3, 0.4) is 0 Å². The van der Waals surface area contributed by atoms with Gasteiger partial charge in [0.2, 0.25) is 0 Å². The van der Waals surface area contributed by atoms with Gasteiger partial charge in [-0.3, -0.25) is 0 Å². The fourth-order valence-corrected chi connectivity index (χ4v) is 7.00. The predicted molar refractivity (Wildman–Crippen MR) is 139 cm³/mol. The molecule has 2 heteroatoms. The molecule has 0 radical (unpaired) electrons. The normalized spacial score (nSPS) is 12.6. The highest BCUT2D eigenvalue weighted by molar-refractivity contribution is 7.97. The summed E-state index contributed by atoms with van der Waals surface area (Å²) in [6, 6.07) is 48.2. The van der Waals surface area contributed by atoms with Crippen molar-refractivity contribution in [2.24, 2.45) is 0 Å². The molecule has 5 aromatic rings. The molecule has 0 bridgehead atoms. The summed E-state index contributed by atoms with van der Waals surface area (Å²) in [5.41, 5.74) is 6.37. The maximum absolute atomic E-state index is 2.32. The van der Waals surface area contributed by atoms with Gasteiger partial charge in [0.15, 0.2) is 14.7 Å². The van der Waals surface area contributed by atoms with Gasteiger partial charge >= 0.3 is 0 Å². The second-order valence-electron chi connectivity index (χ2n) is 8.20. The molecule has 0 saturated carbocycles. The van der Waals surface area contributed by atoms with Crippen molar-refractivity contribution in [3.63, 3.8) is 0 Å². The monoisotopic (exact) mass is 442 g/mol. The van der Waals surface area contributed by atoms with Crippen LogP contribution >= 0.6 is 0 Å². The van der Waals surface area contributed by atoms with E-state index in [1.807, 2.05) is 0 Å². The van der Waals surface area contributed by atoms with Gasteiger partial charge in [0, 0.05) is 34.6 Å². The molecule has 1 heterocycles. The van der Waals surface area contributed by atoms with Crippen molar-refractivity contribution < 1.29 is 0 Å². The van der Waals surface area contributed by atoms with Crippen molar-refractivity contribution in [2.45, 2.75) is 21.1 Å². The number of nitrogens with zero attached hydrogens (tertiary/aromatic N) is 1. The predicted octanol–water partition coefficient (Wildman–Crippen LogP) is 8.16. The number of fused-ring (bicyclic) bond motifs is 2.